The molecule has 5 rings (SSSR count). The lowest BCUT2D eigenvalue weighted by molar-refractivity contribution is -0.435. The summed E-state index contributed by atoms with van der Waals surface area (Å²) in [6.07, 6.45) is -5.72. The third-order valence-corrected chi connectivity index (χ3v) is 12.4. The lowest BCUT2D eigenvalue weighted by Gasteiger charge is -2.62. The number of carboxylic acid groups (broad SMARTS) is 1. The van der Waals surface area contributed by atoms with Gasteiger partial charge in [0.1, 0.15) is 12.2 Å². The lowest BCUT2D eigenvalue weighted by atomic mass is 9.43. The van der Waals surface area contributed by atoms with Crippen LogP contribution in [0.4, 0.5) is 0 Å². The fourth-order valence-electron chi connectivity index (χ4n) is 9.76. The molecular formula is C30H46O16S2. The number of aliphatic carboxylic acids is 1. The van der Waals surface area contributed by atoms with Crippen molar-refractivity contribution in [2.24, 2.45) is 40.4 Å². The number of aliphatic hydroxyl groups excluding tert-OH is 2. The number of hydrogen-bond donors (Lipinski definition) is 5. The number of ether oxygens (including phenoxy) is 3. The van der Waals surface area contributed by atoms with Crippen molar-refractivity contribution in [3.8, 4) is 0 Å². The van der Waals surface area contributed by atoms with Gasteiger partial charge in [0.05, 0.1) is 24.7 Å². The van der Waals surface area contributed by atoms with Crippen LogP contribution in [0, 0.1) is 40.4 Å². The van der Waals surface area contributed by atoms with Crippen molar-refractivity contribution in [1.82, 2.24) is 0 Å². The third kappa shape index (κ3) is 7.32. The average Bonchev–Trinajstić information content (AvgIpc) is 3.16. The highest BCUT2D eigenvalue weighted by Gasteiger charge is 2.67. The lowest BCUT2D eigenvalue weighted by Crippen LogP contribution is -2.63. The summed E-state index contributed by atoms with van der Waals surface area (Å²) in [4.78, 5) is 25.8. The predicted molar refractivity (Wildman–Crippen MR) is 163 cm³/mol. The minimum Gasteiger partial charge on any atom is -0.481 e. The van der Waals surface area contributed by atoms with E-state index in [1.807, 2.05) is 0 Å². The van der Waals surface area contributed by atoms with Crippen molar-refractivity contribution in [1.29, 1.82) is 0 Å². The number of hydrogen-bond acceptors (Lipinski definition) is 15. The number of rotatable bonds is 13. The first kappa shape index (κ1) is 37.8. The quantitative estimate of drug-likeness (QED) is 0.0268. The summed E-state index contributed by atoms with van der Waals surface area (Å²) in [7, 11) is -5.24. The van der Waals surface area contributed by atoms with Crippen LogP contribution in [-0.4, -0.2) is 95.0 Å². The van der Waals surface area contributed by atoms with Crippen LogP contribution in [-0.2, 0) is 51.9 Å². The molecule has 0 amide bonds. The van der Waals surface area contributed by atoms with Crippen molar-refractivity contribution in [3.05, 3.63) is 12.2 Å². The van der Waals surface area contributed by atoms with Crippen LogP contribution in [0.15, 0.2) is 12.2 Å². The van der Waals surface area contributed by atoms with Gasteiger partial charge in [-0.15, -0.1) is 4.33 Å². The van der Waals surface area contributed by atoms with Crippen molar-refractivity contribution < 1.29 is 75.1 Å². The van der Waals surface area contributed by atoms with Gasteiger partial charge in [-0.05, 0) is 79.6 Å². The molecule has 0 aromatic carbocycles. The van der Waals surface area contributed by atoms with E-state index < -0.39 is 88.6 Å². The van der Waals surface area contributed by atoms with Crippen LogP contribution in [0.2, 0.25) is 0 Å². The highest BCUT2D eigenvalue weighted by molar-refractivity contribution is 7.89. The molecule has 1 aliphatic heterocycles. The maximum Gasteiger partial charge on any atom is 0.397 e. The highest BCUT2D eigenvalue weighted by Crippen LogP contribution is 2.70. The van der Waals surface area contributed by atoms with Crippen LogP contribution in [0.1, 0.15) is 72.1 Å². The van der Waals surface area contributed by atoms with Crippen LogP contribution in [0.25, 0.3) is 0 Å². The Morgan fingerprint density at radius 1 is 1.15 bits per heavy atom. The molecule has 2 bridgehead atoms. The van der Waals surface area contributed by atoms with E-state index in [-0.39, 0.29) is 48.8 Å². The van der Waals surface area contributed by atoms with Gasteiger partial charge in [-0.2, -0.15) is 8.42 Å². The van der Waals surface area contributed by atoms with Crippen molar-refractivity contribution in [2.75, 3.05) is 6.61 Å². The minimum atomic E-state index is -5.24. The Bertz CT molecular complexity index is 1310. The van der Waals surface area contributed by atoms with E-state index in [2.05, 4.69) is 22.9 Å². The normalized spacial score (nSPS) is 42.7. The minimum absolute atomic E-state index is 0.0154. The molecule has 10 unspecified atom stereocenters. The molecular weight excluding hydrogens is 680 g/mol. The molecule has 0 radical (unpaired) electrons. The summed E-state index contributed by atoms with van der Waals surface area (Å²) in [5.41, 5.74) is -0.180. The van der Waals surface area contributed by atoms with Gasteiger partial charge in [0.2, 0.25) is 0 Å². The first-order valence-corrected chi connectivity index (χ1v) is 18.2. The zero-order valence-electron chi connectivity index (χ0n) is 27.0. The Morgan fingerprint density at radius 3 is 2.50 bits per heavy atom. The van der Waals surface area contributed by atoms with E-state index in [1.54, 1.807) is 13.8 Å². The summed E-state index contributed by atoms with van der Waals surface area (Å²) in [5.74, 6) is -2.80. The second kappa shape index (κ2) is 14.7. The molecule has 4 aliphatic carbocycles. The standard InChI is InChI=1S/C30H46O16S2/c1-14(2)9-22(32)42-25-24(44-48(37,38)39)23(43-47-46-45-36)20(13-31)41-28(25)40-17-10-18(27(34)35)19-7-8-30-11-16(15(3)26(30)33)5-6-21(30)29(19,4)12-17/h14,16-21,23-26,28,31,33,36H,3,5-13H2,1-2,4H3,(H,34,35)(H,37,38,39)/t16?,17?,18?,19?,20-,21?,23-,24?,25?,26+,28?,29?,30?/m1/s1. The van der Waals surface area contributed by atoms with E-state index in [0.29, 0.717) is 19.3 Å². The van der Waals surface area contributed by atoms with Crippen molar-refractivity contribution >= 4 is 34.7 Å². The maximum absolute atomic E-state index is 13.0. The van der Waals surface area contributed by atoms with Gasteiger partial charge in [0, 0.05) is 11.8 Å². The Balaban J connectivity index is 1.49. The second-order valence-electron chi connectivity index (χ2n) is 14.6. The molecule has 5 aliphatic rings. The number of esters is 1. The van der Waals surface area contributed by atoms with Gasteiger partial charge >= 0.3 is 22.3 Å². The van der Waals surface area contributed by atoms with Gasteiger partial charge in [-0.25, -0.2) is 9.44 Å². The summed E-state index contributed by atoms with van der Waals surface area (Å²) >= 11 is 0.0154. The smallest absolute Gasteiger partial charge is 0.397 e. The number of carbonyl (C=O) groups excluding carboxylic acids is 1. The van der Waals surface area contributed by atoms with Gasteiger partial charge in [-0.3, -0.25) is 18.3 Å². The number of carboxylic acids is 1. The Labute approximate surface area is 283 Å². The molecule has 1 spiro atoms. The topological polar surface area (TPSA) is 234 Å². The highest BCUT2D eigenvalue weighted by atomic mass is 32.3. The Hall–Kier alpha value is -1.42. The number of carbonyl (C=O) groups is 2. The summed E-state index contributed by atoms with van der Waals surface area (Å²) < 4.78 is 66.3. The molecule has 16 nitrogen and oxygen atoms in total. The van der Waals surface area contributed by atoms with E-state index in [0.717, 1.165) is 24.8 Å². The van der Waals surface area contributed by atoms with Crippen molar-refractivity contribution in [3.63, 3.8) is 0 Å². The van der Waals surface area contributed by atoms with Crippen LogP contribution in [0.3, 0.4) is 0 Å². The monoisotopic (exact) mass is 726 g/mol. The van der Waals surface area contributed by atoms with Crippen LogP contribution < -0.4 is 0 Å². The Morgan fingerprint density at radius 2 is 1.88 bits per heavy atom. The zero-order valence-corrected chi connectivity index (χ0v) is 28.7. The third-order valence-electron chi connectivity index (χ3n) is 11.5. The zero-order chi connectivity index (χ0) is 35.2. The molecule has 0 aromatic rings. The van der Waals surface area contributed by atoms with Gasteiger partial charge < -0.3 is 29.5 Å². The molecule has 13 atom stereocenters. The number of aliphatic hydroxyl groups is 2. The molecule has 0 aromatic heterocycles. The molecule has 1 saturated heterocycles. The molecule has 274 valence electrons. The SMILES string of the molecule is C=C1C2CCC3C4(C)CC(OC5O[C@H](CO)[C@@H](OSOOO)C(OS(=O)(=O)O)C5OC(=O)CC(C)C)CC(C(=O)O)C4CCC3(C2)[C@H]1O. The Kier molecular flexibility index (Phi) is 11.6. The van der Waals surface area contributed by atoms with Gasteiger partial charge in [0.15, 0.2) is 30.8 Å². The van der Waals surface area contributed by atoms with Crippen LogP contribution in [0.5, 0.6) is 0 Å². The largest absolute Gasteiger partial charge is 0.481 e. The molecule has 18 heteroatoms. The first-order valence-electron chi connectivity index (χ1n) is 16.2. The first-order chi connectivity index (χ1) is 22.5. The molecule has 48 heavy (non-hydrogen) atoms. The average molecular weight is 727 g/mol. The van der Waals surface area contributed by atoms with Gasteiger partial charge in [0.25, 0.3) is 0 Å². The van der Waals surface area contributed by atoms with Crippen molar-refractivity contribution in [2.45, 2.75) is 115 Å². The van der Waals surface area contributed by atoms with E-state index in [4.69, 9.17) is 27.8 Å². The van der Waals surface area contributed by atoms with E-state index in [9.17, 15) is 37.9 Å². The fraction of sp³-hybridized carbons (Fsp3) is 0.867. The molecule has 5 N–H and O–H groups in total. The van der Waals surface area contributed by atoms with E-state index in [1.165, 1.54) is 0 Å². The summed E-state index contributed by atoms with van der Waals surface area (Å²) in [6, 6.07) is 0. The van der Waals surface area contributed by atoms with Crippen LogP contribution >= 0.6 is 12.3 Å². The molecule has 1 heterocycles. The molecule has 4 saturated carbocycles. The second-order valence-corrected chi connectivity index (χ2v) is 16.1. The predicted octanol–water partition coefficient (Wildman–Crippen LogP) is 2.85. The number of fused-ring (bicyclic) bond motifs is 3. The van der Waals surface area contributed by atoms with E-state index >= 15 is 0 Å². The van der Waals surface area contributed by atoms with Gasteiger partial charge in [-0.1, -0.05) is 32.4 Å². The summed E-state index contributed by atoms with van der Waals surface area (Å²) in [6.45, 7) is 8.94. The summed E-state index contributed by atoms with van der Waals surface area (Å²) in [5, 5.41) is 44.1. The maximum atomic E-state index is 13.0. The molecule has 5 fully saturated rings. The fourth-order valence-corrected chi connectivity index (χ4v) is 10.6.